The Morgan fingerprint density at radius 3 is 2.44 bits per heavy atom. The lowest BCUT2D eigenvalue weighted by atomic mass is 10.1. The number of ether oxygens (including phenoxy) is 2. The second-order valence-electron chi connectivity index (χ2n) is 8.07. The maximum atomic E-state index is 12.3. The van der Waals surface area contributed by atoms with Gasteiger partial charge in [-0.1, -0.05) is 54.2 Å². The van der Waals surface area contributed by atoms with Crippen LogP contribution in [0.1, 0.15) is 22.3 Å². The van der Waals surface area contributed by atoms with Crippen LogP contribution in [-0.4, -0.2) is 33.8 Å². The maximum absolute atomic E-state index is 12.3. The van der Waals surface area contributed by atoms with Crippen molar-refractivity contribution in [3.05, 3.63) is 89.0 Å². The zero-order chi connectivity index (χ0) is 24.1. The third kappa shape index (κ3) is 5.66. The van der Waals surface area contributed by atoms with E-state index >= 15 is 0 Å². The number of imidazole rings is 1. The van der Waals surface area contributed by atoms with E-state index in [-0.39, 0.29) is 5.75 Å². The fourth-order valence-corrected chi connectivity index (χ4v) is 4.33. The normalized spacial score (nSPS) is 10.9. The summed E-state index contributed by atoms with van der Waals surface area (Å²) in [6.45, 7) is 6.21. The van der Waals surface area contributed by atoms with Crippen LogP contribution in [0, 0.1) is 20.8 Å². The predicted molar refractivity (Wildman–Crippen MR) is 133 cm³/mol. The van der Waals surface area contributed by atoms with Crippen molar-refractivity contribution in [1.29, 1.82) is 0 Å². The number of benzene rings is 3. The van der Waals surface area contributed by atoms with Crippen LogP contribution in [0.15, 0.2) is 71.9 Å². The fourth-order valence-electron chi connectivity index (χ4n) is 3.52. The number of nitrogens with zero attached hydrogens (tertiary/aromatic N) is 2. The van der Waals surface area contributed by atoms with Gasteiger partial charge in [0, 0.05) is 0 Å². The lowest BCUT2D eigenvalue weighted by molar-refractivity contribution is -0.151. The summed E-state index contributed by atoms with van der Waals surface area (Å²) < 4.78 is 12.5. The molecule has 3 aromatic carbocycles. The summed E-state index contributed by atoms with van der Waals surface area (Å²) in [5.41, 5.74) is 6.37. The van der Waals surface area contributed by atoms with Gasteiger partial charge < -0.3 is 14.0 Å². The highest BCUT2D eigenvalue weighted by atomic mass is 32.2. The van der Waals surface area contributed by atoms with Crippen LogP contribution < -0.4 is 4.74 Å². The summed E-state index contributed by atoms with van der Waals surface area (Å²) >= 11 is 1.29. The molecule has 0 bridgehead atoms. The quantitative estimate of drug-likeness (QED) is 0.197. The zero-order valence-corrected chi connectivity index (χ0v) is 20.2. The van der Waals surface area contributed by atoms with Crippen molar-refractivity contribution < 1.29 is 19.1 Å². The Hall–Kier alpha value is -3.58. The number of thioether (sulfide) groups is 1. The third-order valence-corrected chi connectivity index (χ3v) is 6.54. The van der Waals surface area contributed by atoms with E-state index in [0.717, 1.165) is 27.3 Å². The van der Waals surface area contributed by atoms with Crippen LogP contribution >= 0.6 is 11.8 Å². The molecule has 0 aliphatic carbocycles. The van der Waals surface area contributed by atoms with E-state index in [4.69, 9.17) is 14.5 Å². The second-order valence-corrected chi connectivity index (χ2v) is 9.01. The molecule has 0 radical (unpaired) electrons. The number of para-hydroxylation sites is 2. The largest absolute Gasteiger partial charge is 0.453 e. The smallest absolute Gasteiger partial charge is 0.349 e. The van der Waals surface area contributed by atoms with Gasteiger partial charge in [0.25, 0.3) is 0 Å². The lowest BCUT2D eigenvalue weighted by Crippen LogP contribution is -2.20. The first-order chi connectivity index (χ1) is 16.4. The molecule has 1 heterocycles. The summed E-state index contributed by atoms with van der Waals surface area (Å²) in [5.74, 6) is -0.651. The van der Waals surface area contributed by atoms with E-state index < -0.39 is 18.5 Å². The van der Waals surface area contributed by atoms with Crippen molar-refractivity contribution in [2.75, 3.05) is 12.4 Å². The zero-order valence-electron chi connectivity index (χ0n) is 19.4. The van der Waals surface area contributed by atoms with Gasteiger partial charge in [0.05, 0.1) is 23.3 Å². The van der Waals surface area contributed by atoms with Crippen LogP contribution in [0.3, 0.4) is 0 Å². The van der Waals surface area contributed by atoms with Gasteiger partial charge in [-0.25, -0.2) is 9.78 Å². The first-order valence-electron chi connectivity index (χ1n) is 11.0. The summed E-state index contributed by atoms with van der Waals surface area (Å²) in [6, 6.07) is 21.5. The van der Waals surface area contributed by atoms with Crippen LogP contribution in [-0.2, 0) is 20.9 Å². The molecular formula is C27H26N2O4S. The molecule has 34 heavy (non-hydrogen) atoms. The minimum Gasteiger partial charge on any atom is -0.453 e. The number of carbonyl (C=O) groups excluding carboxylic acids is 2. The van der Waals surface area contributed by atoms with Crippen LogP contribution in [0.5, 0.6) is 5.75 Å². The van der Waals surface area contributed by atoms with Crippen LogP contribution in [0.25, 0.3) is 11.0 Å². The van der Waals surface area contributed by atoms with Crippen molar-refractivity contribution in [2.45, 2.75) is 32.5 Å². The molecule has 6 nitrogen and oxygen atoms in total. The van der Waals surface area contributed by atoms with E-state index in [1.807, 2.05) is 56.3 Å². The van der Waals surface area contributed by atoms with Gasteiger partial charge >= 0.3 is 11.9 Å². The number of rotatable bonds is 8. The first kappa shape index (κ1) is 23.6. The highest BCUT2D eigenvalue weighted by Crippen LogP contribution is 2.26. The number of carbonyl (C=O) groups is 2. The number of hydrogen-bond acceptors (Lipinski definition) is 6. The molecule has 0 amide bonds. The van der Waals surface area contributed by atoms with Crippen molar-refractivity contribution in [3.63, 3.8) is 0 Å². The Labute approximate surface area is 202 Å². The van der Waals surface area contributed by atoms with Gasteiger partial charge in [0.15, 0.2) is 11.8 Å². The molecular weight excluding hydrogens is 448 g/mol. The molecule has 1 aromatic heterocycles. The average molecular weight is 475 g/mol. The number of esters is 2. The Kier molecular flexibility index (Phi) is 7.33. The minimum atomic E-state index is -0.617. The summed E-state index contributed by atoms with van der Waals surface area (Å²) in [7, 11) is 0. The highest BCUT2D eigenvalue weighted by molar-refractivity contribution is 7.99. The van der Waals surface area contributed by atoms with Crippen molar-refractivity contribution in [2.24, 2.45) is 0 Å². The molecule has 0 aliphatic heterocycles. The summed E-state index contributed by atoms with van der Waals surface area (Å²) in [5, 5.41) is 0.721. The van der Waals surface area contributed by atoms with E-state index in [2.05, 4.69) is 23.6 Å². The average Bonchev–Trinajstić information content (AvgIpc) is 3.17. The molecule has 0 saturated carbocycles. The number of fused-ring (bicyclic) bond motifs is 1. The van der Waals surface area contributed by atoms with Gasteiger partial charge in [0.2, 0.25) is 0 Å². The van der Waals surface area contributed by atoms with Crippen LogP contribution in [0.2, 0.25) is 0 Å². The molecule has 0 N–H and O–H groups in total. The van der Waals surface area contributed by atoms with Gasteiger partial charge in [-0.2, -0.15) is 0 Å². The predicted octanol–water partition coefficient (Wildman–Crippen LogP) is 5.25. The Balaban J connectivity index is 1.38. The van der Waals surface area contributed by atoms with Gasteiger partial charge in [-0.15, -0.1) is 0 Å². The first-order valence-corrected chi connectivity index (χ1v) is 12.0. The Bertz CT molecular complexity index is 1350. The molecule has 0 saturated heterocycles. The molecule has 0 fully saturated rings. The number of hydrogen-bond donors (Lipinski definition) is 0. The van der Waals surface area contributed by atoms with Gasteiger partial charge in [0.1, 0.15) is 5.75 Å². The van der Waals surface area contributed by atoms with Crippen molar-refractivity contribution >= 4 is 34.7 Å². The minimum absolute atomic E-state index is 0.0357. The second kappa shape index (κ2) is 10.6. The Morgan fingerprint density at radius 1 is 0.882 bits per heavy atom. The van der Waals surface area contributed by atoms with E-state index in [0.29, 0.717) is 12.3 Å². The van der Waals surface area contributed by atoms with Crippen molar-refractivity contribution in [3.8, 4) is 5.75 Å². The fraction of sp³-hybridized carbons (Fsp3) is 0.222. The summed E-state index contributed by atoms with van der Waals surface area (Å²) in [6.07, 6.45) is 0. The topological polar surface area (TPSA) is 70.4 Å². The number of aryl methyl sites for hydroxylation is 3. The van der Waals surface area contributed by atoms with Gasteiger partial charge in [-0.3, -0.25) is 4.79 Å². The Morgan fingerprint density at radius 2 is 1.65 bits per heavy atom. The third-order valence-electron chi connectivity index (χ3n) is 5.59. The lowest BCUT2D eigenvalue weighted by Gasteiger charge is -2.11. The standard InChI is InChI=1S/C27H26N2O4S/c1-18-12-13-22(14-20(18)3)33-25(30)16-32-26(31)17-34-27-28-23-10-6-7-11-24(23)29(27)15-21-9-5-4-8-19(21)2/h4-14H,15-17H2,1-3H3. The SMILES string of the molecule is Cc1ccc(OC(=O)COC(=O)CSc2nc3ccccc3n2Cc2ccccc2C)cc1C. The highest BCUT2D eigenvalue weighted by Gasteiger charge is 2.16. The monoisotopic (exact) mass is 474 g/mol. The molecule has 4 rings (SSSR count). The molecule has 0 atom stereocenters. The van der Waals surface area contributed by atoms with E-state index in [9.17, 15) is 9.59 Å². The number of aromatic nitrogens is 2. The molecule has 0 spiro atoms. The van der Waals surface area contributed by atoms with E-state index in [1.165, 1.54) is 22.9 Å². The molecule has 4 aromatic rings. The van der Waals surface area contributed by atoms with Crippen molar-refractivity contribution in [1.82, 2.24) is 9.55 Å². The molecule has 0 aliphatic rings. The molecule has 0 unspecified atom stereocenters. The van der Waals surface area contributed by atoms with Crippen LogP contribution in [0.4, 0.5) is 0 Å². The van der Waals surface area contributed by atoms with E-state index in [1.54, 1.807) is 12.1 Å². The molecule has 7 heteroatoms. The molecule has 174 valence electrons. The maximum Gasteiger partial charge on any atom is 0.349 e. The summed E-state index contributed by atoms with van der Waals surface area (Å²) in [4.78, 5) is 29.1. The van der Waals surface area contributed by atoms with Gasteiger partial charge in [-0.05, 0) is 67.3 Å².